The highest BCUT2D eigenvalue weighted by Crippen LogP contribution is 2.51. The van der Waals surface area contributed by atoms with E-state index in [1.165, 1.54) is 12.2 Å². The van der Waals surface area contributed by atoms with E-state index in [4.69, 9.17) is 28.4 Å². The summed E-state index contributed by atoms with van der Waals surface area (Å²) in [5.74, 6) is -3.01. The molecule has 4 aliphatic heterocycles. The summed E-state index contributed by atoms with van der Waals surface area (Å²) in [6.45, 7) is 13.0. The van der Waals surface area contributed by atoms with Gasteiger partial charge in [0.05, 0.1) is 11.2 Å². The maximum absolute atomic E-state index is 12.4. The van der Waals surface area contributed by atoms with Crippen molar-refractivity contribution in [3.05, 3.63) is 71.9 Å². The minimum atomic E-state index is -0.614. The molecule has 0 spiro atoms. The van der Waals surface area contributed by atoms with E-state index in [2.05, 4.69) is 35.9 Å². The van der Waals surface area contributed by atoms with E-state index in [0.717, 1.165) is 81.1 Å². The average molecular weight is 819 g/mol. The van der Waals surface area contributed by atoms with Crippen LogP contribution in [0.5, 0.6) is 0 Å². The molecule has 0 aromatic carbocycles. The minimum absolute atomic E-state index is 0.0947. The molecular weight excluding hydrogens is 760 g/mol. The maximum atomic E-state index is 12.4. The molecule has 8 atom stereocenters. The lowest BCUT2D eigenvalue weighted by Crippen LogP contribution is -2.29. The van der Waals surface area contributed by atoms with E-state index in [0.29, 0.717) is 49.9 Å². The Morgan fingerprint density at radius 2 is 1.08 bits per heavy atom. The molecule has 6 rings (SSSR count). The first-order chi connectivity index (χ1) is 28.3. The summed E-state index contributed by atoms with van der Waals surface area (Å²) in [5.41, 5.74) is 2.12. The number of hydrogen-bond acceptors (Lipinski definition) is 12. The summed E-state index contributed by atoms with van der Waals surface area (Å²) in [6, 6.07) is 0. The fraction of sp³-hybridized carbons (Fsp3) is 0.600. The lowest BCUT2D eigenvalue weighted by atomic mass is 9.84. The molecule has 4 fully saturated rings. The number of allylic oxidation sites excluding steroid dienone is 2. The molecule has 0 unspecified atom stereocenters. The third-order valence-electron chi connectivity index (χ3n) is 12.4. The quantitative estimate of drug-likeness (QED) is 0.0538. The Balaban J connectivity index is 0.774. The van der Waals surface area contributed by atoms with Crippen molar-refractivity contribution in [2.75, 3.05) is 26.3 Å². The lowest BCUT2D eigenvalue weighted by molar-refractivity contribution is -0.140. The van der Waals surface area contributed by atoms with E-state index < -0.39 is 11.9 Å². The number of amides is 2. The van der Waals surface area contributed by atoms with E-state index in [-0.39, 0.29) is 84.4 Å². The Morgan fingerprint density at radius 3 is 1.51 bits per heavy atom. The number of esters is 4. The number of ether oxygens (including phenoxy) is 6. The zero-order valence-corrected chi connectivity index (χ0v) is 34.3. The van der Waals surface area contributed by atoms with Crippen LogP contribution in [0.4, 0.5) is 0 Å². The smallest absolute Gasteiger partial charge is 0.334 e. The van der Waals surface area contributed by atoms with Gasteiger partial charge in [-0.2, -0.15) is 0 Å². The highest BCUT2D eigenvalue weighted by atomic mass is 16.7. The third kappa shape index (κ3) is 11.7. The molecule has 0 aromatic rings. The number of epoxide rings is 2. The van der Waals surface area contributed by atoms with Crippen molar-refractivity contribution in [3.63, 3.8) is 0 Å². The summed E-state index contributed by atoms with van der Waals surface area (Å²) < 4.78 is 33.9. The lowest BCUT2D eigenvalue weighted by Gasteiger charge is -2.20. The molecule has 2 amide bonds. The summed E-state index contributed by atoms with van der Waals surface area (Å²) in [7, 11) is 0. The van der Waals surface area contributed by atoms with Crippen molar-refractivity contribution in [3.8, 4) is 0 Å². The van der Waals surface area contributed by atoms with Gasteiger partial charge in [-0.1, -0.05) is 44.6 Å². The number of nitrogens with one attached hydrogen (secondary N) is 2. The Labute approximate surface area is 345 Å². The first kappa shape index (κ1) is 43.8. The first-order valence-corrected chi connectivity index (χ1v) is 21.0. The van der Waals surface area contributed by atoms with Crippen LogP contribution in [0.25, 0.3) is 0 Å². The number of hydrogen-bond donors (Lipinski definition) is 2. The molecule has 0 radical (unpaired) electrons. The van der Waals surface area contributed by atoms with Gasteiger partial charge in [0.25, 0.3) is 0 Å². The Kier molecular flexibility index (Phi) is 14.5. The van der Waals surface area contributed by atoms with Crippen LogP contribution in [0.2, 0.25) is 0 Å². The standard InChI is InChI=1S/C45H58N2O12/c1-28-32-16-14-30(12-10-22-44(3)40(58-44)38(32)56-42(28)52)26-54-36(50)20-18-34(48)46-24-8-6-5-7-9-25-47-35(49)19-21-37(51)55-27-31-13-11-23-45(4)41(59-45)39-33(17-15-31)29(2)43(53)57-39/h12-13,18-21,32-33,38-41H,1-2,5-11,14-17,22-27H2,3-4H3,(H,46,48)(H,47,49)/b20-18+,21-19+,30-12+,31-13+/t32-,33-,38-,39-,40-,41-,44+,45+/m0/s1. The van der Waals surface area contributed by atoms with Gasteiger partial charge in [-0.3, -0.25) is 9.59 Å². The van der Waals surface area contributed by atoms with Crippen molar-refractivity contribution in [1.29, 1.82) is 0 Å². The molecule has 59 heavy (non-hydrogen) atoms. The second-order valence-electron chi connectivity index (χ2n) is 16.8. The van der Waals surface area contributed by atoms with Crippen LogP contribution in [-0.2, 0) is 57.2 Å². The topological polar surface area (TPSA) is 188 Å². The Hall–Kier alpha value is -4.82. The van der Waals surface area contributed by atoms with Gasteiger partial charge in [-0.05, 0) is 89.2 Å². The monoisotopic (exact) mass is 818 g/mol. The zero-order valence-electron chi connectivity index (χ0n) is 34.3. The number of unbranched alkanes of at least 4 members (excludes halogenated alkanes) is 4. The van der Waals surface area contributed by atoms with Crippen molar-refractivity contribution < 1.29 is 57.2 Å². The zero-order chi connectivity index (χ0) is 42.2. The van der Waals surface area contributed by atoms with Crippen molar-refractivity contribution in [2.24, 2.45) is 11.8 Å². The average Bonchev–Trinajstić information content (AvgIpc) is 4.02. The van der Waals surface area contributed by atoms with E-state index in [1.807, 2.05) is 13.8 Å². The highest BCUT2D eigenvalue weighted by Gasteiger charge is 2.62. The van der Waals surface area contributed by atoms with Gasteiger partial charge in [0, 0.05) is 60.4 Å². The molecule has 320 valence electrons. The summed E-state index contributed by atoms with van der Waals surface area (Å²) in [6.07, 6.45) is 17.6. The fourth-order valence-electron chi connectivity index (χ4n) is 8.53. The number of carbonyl (C=O) groups is 6. The second kappa shape index (κ2) is 19.5. The van der Waals surface area contributed by atoms with Crippen molar-refractivity contribution >= 4 is 35.7 Å². The van der Waals surface area contributed by atoms with Gasteiger partial charge in [-0.15, -0.1) is 0 Å². The predicted octanol–water partition coefficient (Wildman–Crippen LogP) is 4.88. The van der Waals surface area contributed by atoms with Crippen LogP contribution in [0, 0.1) is 11.8 Å². The summed E-state index contributed by atoms with van der Waals surface area (Å²) in [4.78, 5) is 73.5. The van der Waals surface area contributed by atoms with Crippen LogP contribution >= 0.6 is 0 Å². The van der Waals surface area contributed by atoms with E-state index in [9.17, 15) is 28.8 Å². The van der Waals surface area contributed by atoms with Gasteiger partial charge >= 0.3 is 23.9 Å². The van der Waals surface area contributed by atoms with Crippen molar-refractivity contribution in [1.82, 2.24) is 10.6 Å². The Bertz CT molecular complexity index is 1680. The second-order valence-corrected chi connectivity index (χ2v) is 16.8. The SMILES string of the molecule is C=C1C(=O)O[C@H]2[C@H]1CC/C(COC(=O)/C=C/C(=O)NCCCCCCCNC(=O)/C=C/C(=O)OC/C1=C/CC[C@@]3(C)O[C@H]3[C@H]3OC(=O)C(=C)[C@@H]3CC1)=C\CC[C@@]1(C)O[C@@H]21. The van der Waals surface area contributed by atoms with Gasteiger partial charge in [0.1, 0.15) is 37.6 Å². The molecule has 2 aliphatic carbocycles. The van der Waals surface area contributed by atoms with Gasteiger partial charge < -0.3 is 39.1 Å². The first-order valence-electron chi connectivity index (χ1n) is 21.0. The van der Waals surface area contributed by atoms with Gasteiger partial charge in [0.2, 0.25) is 11.8 Å². The fourth-order valence-corrected chi connectivity index (χ4v) is 8.53. The maximum Gasteiger partial charge on any atom is 0.334 e. The van der Waals surface area contributed by atoms with Gasteiger partial charge in [-0.25, -0.2) is 19.2 Å². The molecule has 0 saturated carbocycles. The van der Waals surface area contributed by atoms with E-state index in [1.54, 1.807) is 0 Å². The van der Waals surface area contributed by atoms with Crippen LogP contribution in [0.15, 0.2) is 71.9 Å². The number of rotatable bonds is 16. The molecule has 2 N–H and O–H groups in total. The molecule has 14 nitrogen and oxygen atoms in total. The third-order valence-corrected chi connectivity index (χ3v) is 12.4. The van der Waals surface area contributed by atoms with E-state index >= 15 is 0 Å². The molecule has 0 aromatic heterocycles. The van der Waals surface area contributed by atoms with Crippen LogP contribution in [-0.4, -0.2) is 97.6 Å². The summed E-state index contributed by atoms with van der Waals surface area (Å²) in [5, 5.41) is 5.54. The molecular formula is C45H58N2O12. The van der Waals surface area contributed by atoms with Crippen LogP contribution in [0.3, 0.4) is 0 Å². The highest BCUT2D eigenvalue weighted by molar-refractivity contribution is 5.95. The normalized spacial score (nSPS) is 33.1. The largest absolute Gasteiger partial charge is 0.458 e. The molecule has 4 heterocycles. The number of carbonyl (C=O) groups excluding carboxylic acids is 6. The Morgan fingerprint density at radius 1 is 0.678 bits per heavy atom. The molecule has 4 saturated heterocycles. The number of fused-ring (bicyclic) bond motifs is 6. The molecule has 6 aliphatic rings. The van der Waals surface area contributed by atoms with Crippen LogP contribution < -0.4 is 10.6 Å². The molecule has 0 bridgehead atoms. The predicted molar refractivity (Wildman–Crippen MR) is 214 cm³/mol. The van der Waals surface area contributed by atoms with Gasteiger partial charge in [0.15, 0.2) is 0 Å². The van der Waals surface area contributed by atoms with Crippen molar-refractivity contribution in [2.45, 2.75) is 133 Å². The summed E-state index contributed by atoms with van der Waals surface area (Å²) >= 11 is 0. The minimum Gasteiger partial charge on any atom is -0.458 e. The molecule has 14 heteroatoms. The van der Waals surface area contributed by atoms with Crippen LogP contribution in [0.1, 0.15) is 97.3 Å².